The summed E-state index contributed by atoms with van der Waals surface area (Å²) in [5.41, 5.74) is 8.36. The van der Waals surface area contributed by atoms with Crippen LogP contribution >= 0.6 is 0 Å². The van der Waals surface area contributed by atoms with Gasteiger partial charge in [0, 0.05) is 24.8 Å². The zero-order valence-corrected chi connectivity index (χ0v) is 10.3. The van der Waals surface area contributed by atoms with Crippen molar-refractivity contribution in [3.05, 3.63) is 29.8 Å². The van der Waals surface area contributed by atoms with Gasteiger partial charge < -0.3 is 15.4 Å². The Hall–Kier alpha value is -1.06. The van der Waals surface area contributed by atoms with Gasteiger partial charge >= 0.3 is 0 Å². The molecule has 0 aliphatic carbocycles. The maximum absolute atomic E-state index is 5.86. The summed E-state index contributed by atoms with van der Waals surface area (Å²) in [6, 6.07) is 8.76. The number of hydrogen-bond donors (Lipinski definition) is 1. The summed E-state index contributed by atoms with van der Waals surface area (Å²) in [6.07, 6.45) is 3.33. The highest BCUT2D eigenvalue weighted by molar-refractivity contribution is 5.49. The third kappa shape index (κ3) is 2.17. The molecular formula is C14H20N2O. The smallest absolute Gasteiger partial charge is 0.0755 e. The average molecular weight is 232 g/mol. The molecule has 0 radical (unpaired) electrons. The summed E-state index contributed by atoms with van der Waals surface area (Å²) in [4.78, 5) is 2.44. The molecule has 2 fully saturated rings. The van der Waals surface area contributed by atoms with Gasteiger partial charge in [-0.25, -0.2) is 0 Å². The van der Waals surface area contributed by atoms with Crippen molar-refractivity contribution in [2.24, 2.45) is 5.73 Å². The average Bonchev–Trinajstić information content (AvgIpc) is 2.68. The second-order valence-corrected chi connectivity index (χ2v) is 5.24. The Kier molecular flexibility index (Phi) is 2.81. The van der Waals surface area contributed by atoms with Gasteiger partial charge in [0.15, 0.2) is 0 Å². The van der Waals surface area contributed by atoms with Crippen LogP contribution in [0.25, 0.3) is 0 Å². The number of benzene rings is 1. The molecule has 17 heavy (non-hydrogen) atoms. The third-order valence-corrected chi connectivity index (χ3v) is 3.83. The number of hydrogen-bond acceptors (Lipinski definition) is 3. The number of fused-ring (bicyclic) bond motifs is 2. The topological polar surface area (TPSA) is 38.5 Å². The molecular weight excluding hydrogens is 212 g/mol. The highest BCUT2D eigenvalue weighted by Gasteiger charge is 2.33. The Morgan fingerprint density at radius 2 is 1.76 bits per heavy atom. The maximum Gasteiger partial charge on any atom is 0.0755 e. The molecule has 3 rings (SSSR count). The normalized spacial score (nSPS) is 29.4. The molecule has 1 aromatic carbocycles. The summed E-state index contributed by atoms with van der Waals surface area (Å²) in [6.45, 7) is 4.09. The van der Waals surface area contributed by atoms with Crippen LogP contribution in [0.2, 0.25) is 0 Å². The van der Waals surface area contributed by atoms with Crippen molar-refractivity contribution in [1.82, 2.24) is 0 Å². The zero-order valence-electron chi connectivity index (χ0n) is 10.3. The minimum absolute atomic E-state index is 0.116. The van der Waals surface area contributed by atoms with Crippen molar-refractivity contribution in [2.45, 2.75) is 38.0 Å². The van der Waals surface area contributed by atoms with Gasteiger partial charge in [-0.2, -0.15) is 0 Å². The minimum atomic E-state index is 0.116. The van der Waals surface area contributed by atoms with Crippen molar-refractivity contribution in [2.75, 3.05) is 18.0 Å². The summed E-state index contributed by atoms with van der Waals surface area (Å²) in [5.74, 6) is 0. The van der Waals surface area contributed by atoms with E-state index in [2.05, 4.69) is 29.2 Å². The van der Waals surface area contributed by atoms with Crippen LogP contribution < -0.4 is 10.6 Å². The van der Waals surface area contributed by atoms with Crippen molar-refractivity contribution in [3.63, 3.8) is 0 Å². The number of rotatable bonds is 2. The van der Waals surface area contributed by atoms with Gasteiger partial charge in [0.1, 0.15) is 0 Å². The van der Waals surface area contributed by atoms with Crippen LogP contribution in [0.15, 0.2) is 24.3 Å². The SMILES string of the molecule is C[C@@H](N)c1ccc(N2CC3CCC(C2)O3)cc1. The lowest BCUT2D eigenvalue weighted by Gasteiger charge is -2.34. The molecule has 0 amide bonds. The summed E-state index contributed by atoms with van der Waals surface area (Å²) in [7, 11) is 0. The van der Waals surface area contributed by atoms with Gasteiger partial charge in [-0.3, -0.25) is 0 Å². The van der Waals surface area contributed by atoms with Gasteiger partial charge in [0.25, 0.3) is 0 Å². The molecule has 2 aliphatic rings. The van der Waals surface area contributed by atoms with E-state index < -0.39 is 0 Å². The van der Waals surface area contributed by atoms with E-state index in [1.54, 1.807) is 0 Å². The number of nitrogens with zero attached hydrogens (tertiary/aromatic N) is 1. The molecule has 0 saturated carbocycles. The van der Waals surface area contributed by atoms with Crippen LogP contribution in [0, 0.1) is 0 Å². The van der Waals surface area contributed by atoms with Gasteiger partial charge in [-0.05, 0) is 37.5 Å². The molecule has 3 nitrogen and oxygen atoms in total. The first-order chi connectivity index (χ1) is 8.22. The Labute approximate surface area is 103 Å². The van der Waals surface area contributed by atoms with Crippen LogP contribution in [0.4, 0.5) is 5.69 Å². The van der Waals surface area contributed by atoms with Crippen LogP contribution in [0.5, 0.6) is 0 Å². The molecule has 92 valence electrons. The first kappa shape index (κ1) is 11.1. The first-order valence-electron chi connectivity index (χ1n) is 6.48. The molecule has 1 aromatic rings. The maximum atomic E-state index is 5.86. The Balaban J connectivity index is 1.75. The predicted molar refractivity (Wildman–Crippen MR) is 69.2 cm³/mol. The number of anilines is 1. The molecule has 2 unspecified atom stereocenters. The van der Waals surface area contributed by atoms with Crippen LogP contribution in [0.3, 0.4) is 0 Å². The fourth-order valence-electron chi connectivity index (χ4n) is 2.81. The molecule has 2 heterocycles. The standard InChI is InChI=1S/C14H20N2O/c1-10(15)11-2-4-12(5-3-11)16-8-13-6-7-14(9-16)17-13/h2-5,10,13-14H,6-9,15H2,1H3/t10-,13?,14?/m1/s1. The fourth-order valence-corrected chi connectivity index (χ4v) is 2.81. The van der Waals surface area contributed by atoms with E-state index in [4.69, 9.17) is 10.5 Å². The van der Waals surface area contributed by atoms with E-state index in [1.807, 2.05) is 6.92 Å². The number of ether oxygens (including phenoxy) is 1. The molecule has 0 spiro atoms. The van der Waals surface area contributed by atoms with Gasteiger partial charge in [-0.15, -0.1) is 0 Å². The number of morpholine rings is 1. The lowest BCUT2D eigenvalue weighted by Crippen LogP contribution is -2.42. The second kappa shape index (κ2) is 4.31. The van der Waals surface area contributed by atoms with Crippen LogP contribution in [-0.2, 0) is 4.74 Å². The largest absolute Gasteiger partial charge is 0.371 e. The van der Waals surface area contributed by atoms with Crippen molar-refractivity contribution >= 4 is 5.69 Å². The highest BCUT2D eigenvalue weighted by Crippen LogP contribution is 2.29. The van der Waals surface area contributed by atoms with Gasteiger partial charge in [-0.1, -0.05) is 12.1 Å². The fraction of sp³-hybridized carbons (Fsp3) is 0.571. The predicted octanol–water partition coefficient (Wildman–Crippen LogP) is 2.07. The van der Waals surface area contributed by atoms with E-state index >= 15 is 0 Å². The Morgan fingerprint density at radius 3 is 2.29 bits per heavy atom. The molecule has 3 atom stereocenters. The Bertz CT molecular complexity index is 376. The van der Waals surface area contributed by atoms with Gasteiger partial charge in [0.05, 0.1) is 12.2 Å². The van der Waals surface area contributed by atoms with E-state index in [0.717, 1.165) is 13.1 Å². The van der Waals surface area contributed by atoms with E-state index in [9.17, 15) is 0 Å². The lowest BCUT2D eigenvalue weighted by atomic mass is 10.1. The van der Waals surface area contributed by atoms with E-state index in [-0.39, 0.29) is 6.04 Å². The van der Waals surface area contributed by atoms with Crippen LogP contribution in [0.1, 0.15) is 31.4 Å². The van der Waals surface area contributed by atoms with Crippen molar-refractivity contribution in [1.29, 1.82) is 0 Å². The van der Waals surface area contributed by atoms with E-state index in [0.29, 0.717) is 12.2 Å². The summed E-state index contributed by atoms with van der Waals surface area (Å²) < 4.78 is 5.85. The van der Waals surface area contributed by atoms with Crippen molar-refractivity contribution < 1.29 is 4.74 Å². The Morgan fingerprint density at radius 1 is 1.18 bits per heavy atom. The monoisotopic (exact) mass is 232 g/mol. The van der Waals surface area contributed by atoms with Gasteiger partial charge in [0.2, 0.25) is 0 Å². The second-order valence-electron chi connectivity index (χ2n) is 5.24. The van der Waals surface area contributed by atoms with Crippen LogP contribution in [-0.4, -0.2) is 25.3 Å². The molecule has 2 saturated heterocycles. The minimum Gasteiger partial charge on any atom is -0.371 e. The summed E-state index contributed by atoms with van der Waals surface area (Å²) in [5, 5.41) is 0. The summed E-state index contributed by atoms with van der Waals surface area (Å²) >= 11 is 0. The molecule has 0 aromatic heterocycles. The zero-order chi connectivity index (χ0) is 11.8. The highest BCUT2D eigenvalue weighted by atomic mass is 16.5. The molecule has 2 aliphatic heterocycles. The molecule has 2 N–H and O–H groups in total. The molecule has 3 heteroatoms. The van der Waals surface area contributed by atoms with E-state index in [1.165, 1.54) is 24.1 Å². The first-order valence-corrected chi connectivity index (χ1v) is 6.48. The molecule has 2 bridgehead atoms. The quantitative estimate of drug-likeness (QED) is 0.848. The number of nitrogens with two attached hydrogens (primary N) is 1. The third-order valence-electron chi connectivity index (χ3n) is 3.83. The lowest BCUT2D eigenvalue weighted by molar-refractivity contribution is 0.0305. The van der Waals surface area contributed by atoms with Crippen molar-refractivity contribution in [3.8, 4) is 0 Å².